The van der Waals surface area contributed by atoms with Gasteiger partial charge in [0.2, 0.25) is 5.89 Å². The summed E-state index contributed by atoms with van der Waals surface area (Å²) in [4.78, 5) is 9.20. The topological polar surface area (TPSA) is 48.2 Å². The predicted molar refractivity (Wildman–Crippen MR) is 89.8 cm³/mol. The molecule has 1 aromatic carbocycles. The highest BCUT2D eigenvalue weighted by atomic mass is 16.5. The van der Waals surface area contributed by atoms with Crippen LogP contribution in [0.3, 0.4) is 0 Å². The molecule has 118 valence electrons. The second kappa shape index (κ2) is 5.69. The molecule has 0 spiro atoms. The van der Waals surface area contributed by atoms with Gasteiger partial charge in [0.05, 0.1) is 7.11 Å². The molecule has 0 bridgehead atoms. The first-order chi connectivity index (χ1) is 11.3. The number of fused-ring (bicyclic) bond motifs is 2. The second-order valence-corrected chi connectivity index (χ2v) is 6.02. The van der Waals surface area contributed by atoms with Crippen LogP contribution >= 0.6 is 0 Å². The van der Waals surface area contributed by atoms with Crippen molar-refractivity contribution in [2.45, 2.75) is 39.0 Å². The Morgan fingerprint density at radius 3 is 2.83 bits per heavy atom. The molecule has 0 saturated carbocycles. The highest BCUT2D eigenvalue weighted by Crippen LogP contribution is 2.36. The van der Waals surface area contributed by atoms with Crippen LogP contribution in [0.15, 0.2) is 28.7 Å². The number of aryl methyl sites for hydroxylation is 2. The van der Waals surface area contributed by atoms with Crippen molar-refractivity contribution in [3.63, 3.8) is 0 Å². The fraction of sp³-hybridized carbons (Fsp3) is 0.368. The quantitative estimate of drug-likeness (QED) is 0.722. The summed E-state index contributed by atoms with van der Waals surface area (Å²) in [5.41, 5.74) is 6.21. The predicted octanol–water partition coefficient (Wildman–Crippen LogP) is 4.34. The number of oxazole rings is 1. The van der Waals surface area contributed by atoms with E-state index in [1.54, 1.807) is 7.11 Å². The van der Waals surface area contributed by atoms with Gasteiger partial charge in [0, 0.05) is 11.3 Å². The van der Waals surface area contributed by atoms with Crippen LogP contribution < -0.4 is 4.74 Å². The molecule has 0 fully saturated rings. The lowest BCUT2D eigenvalue weighted by Gasteiger charge is -2.19. The van der Waals surface area contributed by atoms with Crippen molar-refractivity contribution in [3.05, 3.63) is 41.1 Å². The minimum Gasteiger partial charge on any atom is -0.497 e. The number of pyridine rings is 1. The first kappa shape index (κ1) is 14.2. The van der Waals surface area contributed by atoms with Crippen molar-refractivity contribution in [2.75, 3.05) is 7.11 Å². The van der Waals surface area contributed by atoms with E-state index in [1.165, 1.54) is 24.0 Å². The van der Waals surface area contributed by atoms with Crippen LogP contribution in [0.25, 0.3) is 22.7 Å². The molecule has 2 aromatic heterocycles. The molecule has 4 rings (SSSR count). The van der Waals surface area contributed by atoms with Gasteiger partial charge in [-0.2, -0.15) is 4.98 Å². The van der Waals surface area contributed by atoms with Crippen molar-refractivity contribution in [1.29, 1.82) is 0 Å². The molecular formula is C19H20N2O2. The van der Waals surface area contributed by atoms with Crippen LogP contribution in [0.1, 0.15) is 36.6 Å². The Kier molecular flexibility index (Phi) is 3.52. The van der Waals surface area contributed by atoms with Crippen LogP contribution in [0.4, 0.5) is 0 Å². The van der Waals surface area contributed by atoms with Crippen molar-refractivity contribution >= 4 is 11.2 Å². The van der Waals surface area contributed by atoms with Gasteiger partial charge in [0.15, 0.2) is 11.2 Å². The zero-order valence-electron chi connectivity index (χ0n) is 13.6. The number of methoxy groups -OCH3 is 1. The van der Waals surface area contributed by atoms with Crippen molar-refractivity contribution in [1.82, 2.24) is 9.97 Å². The summed E-state index contributed by atoms with van der Waals surface area (Å²) in [5, 5.41) is 0. The molecule has 0 atom stereocenters. The van der Waals surface area contributed by atoms with E-state index < -0.39 is 0 Å². The van der Waals surface area contributed by atoms with Crippen LogP contribution in [0.5, 0.6) is 5.75 Å². The fourth-order valence-electron chi connectivity index (χ4n) is 3.32. The molecule has 0 N–H and O–H groups in total. The van der Waals surface area contributed by atoms with E-state index in [4.69, 9.17) is 9.15 Å². The third-order valence-corrected chi connectivity index (χ3v) is 4.58. The monoisotopic (exact) mass is 308 g/mol. The smallest absolute Gasteiger partial charge is 0.229 e. The molecule has 0 radical (unpaired) electrons. The van der Waals surface area contributed by atoms with E-state index in [0.29, 0.717) is 11.5 Å². The average molecular weight is 308 g/mol. The third kappa shape index (κ3) is 2.48. The SMILES string of the molecule is CCc1ccc2oc(-c3cc(OC)cc4c3CCCC4)nc2n1. The van der Waals surface area contributed by atoms with Crippen molar-refractivity contribution in [2.24, 2.45) is 0 Å². The highest BCUT2D eigenvalue weighted by Gasteiger charge is 2.20. The Labute approximate surface area is 135 Å². The standard InChI is InChI=1S/C19H20N2O2/c1-3-13-8-9-17-18(20-13)21-19(23-17)16-11-14(22-2)10-12-6-4-5-7-15(12)16/h8-11H,3-7H2,1-2H3. The summed E-state index contributed by atoms with van der Waals surface area (Å²) >= 11 is 0. The molecule has 4 heteroatoms. The first-order valence-electron chi connectivity index (χ1n) is 8.25. The Morgan fingerprint density at radius 1 is 1.13 bits per heavy atom. The number of rotatable bonds is 3. The molecular weight excluding hydrogens is 288 g/mol. The van der Waals surface area contributed by atoms with Gasteiger partial charge >= 0.3 is 0 Å². The van der Waals surface area contributed by atoms with Gasteiger partial charge in [0.25, 0.3) is 0 Å². The second-order valence-electron chi connectivity index (χ2n) is 6.02. The van der Waals surface area contributed by atoms with E-state index in [9.17, 15) is 0 Å². The molecule has 0 amide bonds. The Balaban J connectivity index is 1.89. The molecule has 0 unspecified atom stereocenters. The lowest BCUT2D eigenvalue weighted by molar-refractivity contribution is 0.413. The van der Waals surface area contributed by atoms with Gasteiger partial charge in [-0.05, 0) is 67.5 Å². The average Bonchev–Trinajstić information content (AvgIpc) is 3.03. The van der Waals surface area contributed by atoms with E-state index in [2.05, 4.69) is 23.0 Å². The van der Waals surface area contributed by atoms with Gasteiger partial charge in [-0.25, -0.2) is 4.98 Å². The maximum Gasteiger partial charge on any atom is 0.229 e. The van der Waals surface area contributed by atoms with E-state index in [-0.39, 0.29) is 0 Å². The number of aromatic nitrogens is 2. The molecule has 0 saturated heterocycles. The van der Waals surface area contributed by atoms with E-state index in [1.807, 2.05) is 18.2 Å². The number of benzene rings is 1. The van der Waals surface area contributed by atoms with Crippen LogP contribution in [-0.2, 0) is 19.3 Å². The van der Waals surface area contributed by atoms with E-state index in [0.717, 1.165) is 41.9 Å². The maximum atomic E-state index is 5.99. The minimum absolute atomic E-state index is 0.651. The molecule has 2 heterocycles. The lowest BCUT2D eigenvalue weighted by atomic mass is 9.88. The molecule has 23 heavy (non-hydrogen) atoms. The number of hydrogen-bond acceptors (Lipinski definition) is 4. The molecule has 3 aromatic rings. The van der Waals surface area contributed by atoms with Crippen LogP contribution in [0.2, 0.25) is 0 Å². The highest BCUT2D eigenvalue weighted by molar-refractivity contribution is 5.74. The Hall–Kier alpha value is -2.36. The van der Waals surface area contributed by atoms with Gasteiger partial charge in [0.1, 0.15) is 5.75 Å². The fourth-order valence-corrected chi connectivity index (χ4v) is 3.32. The van der Waals surface area contributed by atoms with Gasteiger partial charge in [-0.15, -0.1) is 0 Å². The zero-order chi connectivity index (χ0) is 15.8. The summed E-state index contributed by atoms with van der Waals surface area (Å²) in [5.74, 6) is 1.52. The van der Waals surface area contributed by atoms with Crippen LogP contribution in [0, 0.1) is 0 Å². The van der Waals surface area contributed by atoms with Crippen LogP contribution in [-0.4, -0.2) is 17.1 Å². The van der Waals surface area contributed by atoms with Crippen molar-refractivity contribution < 1.29 is 9.15 Å². The molecule has 1 aliphatic carbocycles. The lowest BCUT2D eigenvalue weighted by Crippen LogP contribution is -2.05. The third-order valence-electron chi connectivity index (χ3n) is 4.58. The van der Waals surface area contributed by atoms with Crippen molar-refractivity contribution in [3.8, 4) is 17.2 Å². The molecule has 0 aliphatic heterocycles. The molecule has 1 aliphatic rings. The summed E-state index contributed by atoms with van der Waals surface area (Å²) in [6.07, 6.45) is 5.51. The summed E-state index contributed by atoms with van der Waals surface area (Å²) < 4.78 is 11.5. The number of ether oxygens (including phenoxy) is 1. The summed E-state index contributed by atoms with van der Waals surface area (Å²) in [7, 11) is 1.70. The summed E-state index contributed by atoms with van der Waals surface area (Å²) in [6.45, 7) is 2.09. The Bertz CT molecular complexity index is 867. The largest absolute Gasteiger partial charge is 0.497 e. The van der Waals surface area contributed by atoms with Gasteiger partial charge in [-0.1, -0.05) is 6.92 Å². The molecule has 4 nitrogen and oxygen atoms in total. The number of hydrogen-bond donors (Lipinski definition) is 0. The van der Waals surface area contributed by atoms with Gasteiger partial charge < -0.3 is 9.15 Å². The Morgan fingerprint density at radius 2 is 2.00 bits per heavy atom. The number of nitrogens with zero attached hydrogens (tertiary/aromatic N) is 2. The van der Waals surface area contributed by atoms with Gasteiger partial charge in [-0.3, -0.25) is 0 Å². The van der Waals surface area contributed by atoms with E-state index >= 15 is 0 Å². The minimum atomic E-state index is 0.651. The maximum absolute atomic E-state index is 5.99. The summed E-state index contributed by atoms with van der Waals surface area (Å²) in [6, 6.07) is 8.15. The normalized spacial score (nSPS) is 14.0. The zero-order valence-corrected chi connectivity index (χ0v) is 13.6. The first-order valence-corrected chi connectivity index (χ1v) is 8.25.